The highest BCUT2D eigenvalue weighted by atomic mass is 79.9. The van der Waals surface area contributed by atoms with Crippen molar-refractivity contribution in [1.82, 2.24) is 4.90 Å². The molecule has 1 atom stereocenters. The molecule has 1 aliphatic heterocycles. The number of benzene rings is 1. The van der Waals surface area contributed by atoms with Gasteiger partial charge < -0.3 is 10.6 Å². The van der Waals surface area contributed by atoms with Gasteiger partial charge in [-0.25, -0.2) is 0 Å². The third kappa shape index (κ3) is 3.00. The molecule has 4 heteroatoms. The summed E-state index contributed by atoms with van der Waals surface area (Å²) in [4.78, 5) is 14.6. The monoisotopic (exact) mass is 324 g/mol. The van der Waals surface area contributed by atoms with Crippen molar-refractivity contribution >= 4 is 21.8 Å². The van der Waals surface area contributed by atoms with E-state index in [1.807, 2.05) is 43.0 Å². The van der Waals surface area contributed by atoms with Gasteiger partial charge in [0.05, 0.1) is 5.41 Å². The number of amides is 1. The first-order valence-corrected chi connectivity index (χ1v) is 7.50. The van der Waals surface area contributed by atoms with Crippen LogP contribution >= 0.6 is 15.9 Å². The molecule has 1 aromatic carbocycles. The zero-order valence-electron chi connectivity index (χ0n) is 11.5. The highest BCUT2D eigenvalue weighted by molar-refractivity contribution is 9.10. The summed E-state index contributed by atoms with van der Waals surface area (Å²) >= 11 is 3.42. The lowest BCUT2D eigenvalue weighted by molar-refractivity contribution is -0.135. The normalized spacial score (nSPS) is 19.8. The second kappa shape index (κ2) is 5.63. The summed E-state index contributed by atoms with van der Waals surface area (Å²) in [7, 11) is 0. The van der Waals surface area contributed by atoms with Gasteiger partial charge in [-0.2, -0.15) is 0 Å². The third-order valence-electron chi connectivity index (χ3n) is 4.01. The van der Waals surface area contributed by atoms with Crippen LogP contribution in [0.4, 0.5) is 0 Å². The molecule has 0 saturated carbocycles. The standard InChI is InChI=1S/C15H21BrN2O/c1-15(2,12-3-5-13(16)6-4-12)14(19)18-8-7-11(9-17)10-18/h3-6,11H,7-10,17H2,1-2H3. The van der Waals surface area contributed by atoms with Crippen molar-refractivity contribution in [2.24, 2.45) is 11.7 Å². The number of hydrogen-bond donors (Lipinski definition) is 1. The number of rotatable bonds is 3. The SMILES string of the molecule is CC(C)(C(=O)N1CCC(CN)C1)c1ccc(Br)cc1. The first kappa shape index (κ1) is 14.5. The first-order valence-electron chi connectivity index (χ1n) is 6.70. The number of halogens is 1. The molecule has 0 aliphatic carbocycles. The Kier molecular flexibility index (Phi) is 4.31. The van der Waals surface area contributed by atoms with E-state index < -0.39 is 5.41 Å². The second-order valence-electron chi connectivity index (χ2n) is 5.77. The molecule has 1 unspecified atom stereocenters. The Balaban J connectivity index is 2.15. The summed E-state index contributed by atoms with van der Waals surface area (Å²) in [5, 5.41) is 0. The Morgan fingerprint density at radius 2 is 2.05 bits per heavy atom. The summed E-state index contributed by atoms with van der Waals surface area (Å²) in [5.41, 5.74) is 6.26. The first-order chi connectivity index (χ1) is 8.95. The van der Waals surface area contributed by atoms with Gasteiger partial charge in [-0.15, -0.1) is 0 Å². The Morgan fingerprint density at radius 3 is 2.58 bits per heavy atom. The average Bonchev–Trinajstić information content (AvgIpc) is 2.87. The van der Waals surface area contributed by atoms with E-state index in [2.05, 4.69) is 15.9 Å². The molecule has 1 aromatic rings. The van der Waals surface area contributed by atoms with Crippen LogP contribution in [0.2, 0.25) is 0 Å². The number of hydrogen-bond acceptors (Lipinski definition) is 2. The fraction of sp³-hybridized carbons (Fsp3) is 0.533. The largest absolute Gasteiger partial charge is 0.342 e. The molecule has 1 heterocycles. The van der Waals surface area contributed by atoms with Gasteiger partial charge in [0.1, 0.15) is 0 Å². The lowest BCUT2D eigenvalue weighted by atomic mass is 9.83. The lowest BCUT2D eigenvalue weighted by Crippen LogP contribution is -2.42. The van der Waals surface area contributed by atoms with E-state index in [1.165, 1.54) is 0 Å². The summed E-state index contributed by atoms with van der Waals surface area (Å²) < 4.78 is 1.03. The Hall–Kier alpha value is -0.870. The molecule has 0 spiro atoms. The van der Waals surface area contributed by atoms with Crippen LogP contribution in [0.25, 0.3) is 0 Å². The van der Waals surface area contributed by atoms with Crippen LogP contribution in [0.5, 0.6) is 0 Å². The topological polar surface area (TPSA) is 46.3 Å². The molecule has 0 radical (unpaired) electrons. The lowest BCUT2D eigenvalue weighted by Gasteiger charge is -2.30. The van der Waals surface area contributed by atoms with Crippen molar-refractivity contribution in [2.75, 3.05) is 19.6 Å². The van der Waals surface area contributed by atoms with Crippen molar-refractivity contribution < 1.29 is 4.79 Å². The molecule has 2 N–H and O–H groups in total. The van der Waals surface area contributed by atoms with Crippen LogP contribution in [0.15, 0.2) is 28.7 Å². The van der Waals surface area contributed by atoms with Gasteiger partial charge in [-0.05, 0) is 50.4 Å². The van der Waals surface area contributed by atoms with E-state index in [9.17, 15) is 4.79 Å². The molecule has 1 aliphatic rings. The minimum absolute atomic E-state index is 0.200. The molecule has 1 saturated heterocycles. The van der Waals surface area contributed by atoms with E-state index in [-0.39, 0.29) is 5.91 Å². The maximum atomic E-state index is 12.7. The fourth-order valence-corrected chi connectivity index (χ4v) is 2.86. The Bertz CT molecular complexity index is 456. The molecular formula is C15H21BrN2O. The van der Waals surface area contributed by atoms with Gasteiger partial charge in [0.2, 0.25) is 5.91 Å². The maximum absolute atomic E-state index is 12.7. The molecule has 2 rings (SSSR count). The molecule has 1 amide bonds. The van der Waals surface area contributed by atoms with E-state index in [0.717, 1.165) is 29.5 Å². The smallest absolute Gasteiger partial charge is 0.232 e. The summed E-state index contributed by atoms with van der Waals surface area (Å²) in [6.45, 7) is 6.29. The van der Waals surface area contributed by atoms with Crippen molar-refractivity contribution in [2.45, 2.75) is 25.7 Å². The maximum Gasteiger partial charge on any atom is 0.232 e. The van der Waals surface area contributed by atoms with Crippen LogP contribution in [0.3, 0.4) is 0 Å². The van der Waals surface area contributed by atoms with Crippen LogP contribution in [-0.2, 0) is 10.2 Å². The van der Waals surface area contributed by atoms with Gasteiger partial charge in [0.25, 0.3) is 0 Å². The molecular weight excluding hydrogens is 304 g/mol. The molecule has 0 bridgehead atoms. The van der Waals surface area contributed by atoms with Crippen LogP contribution in [0.1, 0.15) is 25.8 Å². The van der Waals surface area contributed by atoms with Gasteiger partial charge in [0, 0.05) is 17.6 Å². The van der Waals surface area contributed by atoms with Gasteiger partial charge in [0.15, 0.2) is 0 Å². The summed E-state index contributed by atoms with van der Waals surface area (Å²) in [5.74, 6) is 0.662. The fourth-order valence-electron chi connectivity index (χ4n) is 2.59. The van der Waals surface area contributed by atoms with Crippen molar-refractivity contribution in [3.05, 3.63) is 34.3 Å². The molecule has 0 aromatic heterocycles. The summed E-state index contributed by atoms with van der Waals surface area (Å²) in [6.07, 6.45) is 1.03. The van der Waals surface area contributed by atoms with E-state index in [0.29, 0.717) is 12.5 Å². The molecule has 19 heavy (non-hydrogen) atoms. The number of carbonyl (C=O) groups excluding carboxylic acids is 1. The summed E-state index contributed by atoms with van der Waals surface area (Å²) in [6, 6.07) is 7.99. The molecule has 3 nitrogen and oxygen atoms in total. The zero-order chi connectivity index (χ0) is 14.0. The van der Waals surface area contributed by atoms with E-state index >= 15 is 0 Å². The van der Waals surface area contributed by atoms with Gasteiger partial charge in [-0.1, -0.05) is 28.1 Å². The minimum Gasteiger partial charge on any atom is -0.342 e. The predicted molar refractivity (Wildman–Crippen MR) is 80.9 cm³/mol. The third-order valence-corrected chi connectivity index (χ3v) is 4.54. The second-order valence-corrected chi connectivity index (χ2v) is 6.69. The quantitative estimate of drug-likeness (QED) is 0.928. The highest BCUT2D eigenvalue weighted by Crippen LogP contribution is 2.29. The average molecular weight is 325 g/mol. The van der Waals surface area contributed by atoms with Crippen LogP contribution in [0, 0.1) is 5.92 Å². The number of carbonyl (C=O) groups is 1. The number of likely N-dealkylation sites (tertiary alicyclic amines) is 1. The van der Waals surface area contributed by atoms with Crippen molar-refractivity contribution in [3.8, 4) is 0 Å². The van der Waals surface area contributed by atoms with E-state index in [4.69, 9.17) is 5.73 Å². The highest BCUT2D eigenvalue weighted by Gasteiger charge is 2.36. The number of nitrogens with zero attached hydrogens (tertiary/aromatic N) is 1. The van der Waals surface area contributed by atoms with E-state index in [1.54, 1.807) is 0 Å². The van der Waals surface area contributed by atoms with Crippen LogP contribution < -0.4 is 5.73 Å². The molecule has 104 valence electrons. The van der Waals surface area contributed by atoms with Crippen molar-refractivity contribution in [1.29, 1.82) is 0 Å². The van der Waals surface area contributed by atoms with Gasteiger partial charge in [-0.3, -0.25) is 4.79 Å². The van der Waals surface area contributed by atoms with Crippen LogP contribution in [-0.4, -0.2) is 30.4 Å². The van der Waals surface area contributed by atoms with Crippen molar-refractivity contribution in [3.63, 3.8) is 0 Å². The molecule has 1 fully saturated rings. The zero-order valence-corrected chi connectivity index (χ0v) is 13.1. The Morgan fingerprint density at radius 1 is 1.42 bits per heavy atom. The predicted octanol–water partition coefficient (Wildman–Crippen LogP) is 2.53. The van der Waals surface area contributed by atoms with Gasteiger partial charge >= 0.3 is 0 Å². The minimum atomic E-state index is -0.482. The Labute approximate surface area is 123 Å². The number of nitrogens with two attached hydrogens (primary N) is 1.